The summed E-state index contributed by atoms with van der Waals surface area (Å²) in [5, 5.41) is 0.407. The van der Waals surface area contributed by atoms with E-state index in [1.165, 1.54) is 11.1 Å². The Labute approximate surface area is 236 Å². The molecule has 0 aliphatic carbocycles. The van der Waals surface area contributed by atoms with Crippen LogP contribution in [0.2, 0.25) is 0 Å². The summed E-state index contributed by atoms with van der Waals surface area (Å²) in [7, 11) is -4.16. The quantitative estimate of drug-likeness (QED) is 0.217. The zero-order chi connectivity index (χ0) is 27.9. The maximum absolute atomic E-state index is 14.0. The van der Waals surface area contributed by atoms with Gasteiger partial charge in [0.05, 0.1) is 5.30 Å². The summed E-state index contributed by atoms with van der Waals surface area (Å²) in [4.78, 5) is 11.5. The Morgan fingerprint density at radius 2 is 1.05 bits per heavy atom. The molecule has 6 rings (SSSR count). The van der Waals surface area contributed by atoms with E-state index in [9.17, 15) is 9.46 Å². The summed E-state index contributed by atoms with van der Waals surface area (Å²) in [6.45, 7) is 6.44. The van der Waals surface area contributed by atoms with Crippen LogP contribution in [-0.2, 0) is 4.57 Å². The van der Waals surface area contributed by atoms with Gasteiger partial charge in [-0.15, -0.1) is 0 Å². The van der Waals surface area contributed by atoms with Gasteiger partial charge in [0.2, 0.25) is 0 Å². The van der Waals surface area contributed by atoms with Crippen LogP contribution in [0.15, 0.2) is 121 Å². The van der Waals surface area contributed by atoms with Crippen molar-refractivity contribution < 1.29 is 14.0 Å². The van der Waals surface area contributed by atoms with Crippen LogP contribution in [0.5, 0.6) is 5.75 Å². The molecule has 1 heterocycles. The number of fused-ring (bicyclic) bond motifs is 3. The normalized spacial score (nSPS) is 18.1. The molecule has 40 heavy (non-hydrogen) atoms. The van der Waals surface area contributed by atoms with Gasteiger partial charge in [0, 0.05) is 28.9 Å². The van der Waals surface area contributed by atoms with Crippen molar-refractivity contribution in [3.05, 3.63) is 155 Å². The van der Waals surface area contributed by atoms with Crippen LogP contribution in [-0.4, -0.2) is 4.89 Å². The third kappa shape index (κ3) is 4.81. The molecule has 4 heteroatoms. The second kappa shape index (κ2) is 10.6. The van der Waals surface area contributed by atoms with Gasteiger partial charge in [0.1, 0.15) is 5.75 Å². The predicted molar refractivity (Wildman–Crippen MR) is 164 cm³/mol. The summed E-state index contributed by atoms with van der Waals surface area (Å²) in [5.41, 5.74) is 8.09. The van der Waals surface area contributed by atoms with Gasteiger partial charge >= 0.3 is 7.60 Å². The highest BCUT2D eigenvalue weighted by atomic mass is 31.2. The SMILES string of the molecule is CC(c1ccccc1)c1ccc2c(c1)OP(=O)(O)c1c-2cc(C(C)c2ccccc2)cc1C(C)c1ccccc1. The molecule has 1 aliphatic heterocycles. The van der Waals surface area contributed by atoms with Crippen LogP contribution < -0.4 is 9.83 Å². The Morgan fingerprint density at radius 3 is 1.60 bits per heavy atom. The monoisotopic (exact) mass is 544 g/mol. The van der Waals surface area contributed by atoms with Crippen molar-refractivity contribution in [1.29, 1.82) is 0 Å². The minimum absolute atomic E-state index is 0.0964. The second-order valence-electron chi connectivity index (χ2n) is 10.8. The highest BCUT2D eigenvalue weighted by Gasteiger charge is 2.39. The number of hydrogen-bond acceptors (Lipinski definition) is 2. The Hall–Kier alpha value is -3.91. The topological polar surface area (TPSA) is 46.5 Å². The van der Waals surface area contributed by atoms with Gasteiger partial charge in [-0.25, -0.2) is 4.57 Å². The smallest absolute Gasteiger partial charge is 0.409 e. The van der Waals surface area contributed by atoms with E-state index in [0.29, 0.717) is 11.1 Å². The summed E-state index contributed by atoms with van der Waals surface area (Å²) in [5.74, 6) is 0.588. The first kappa shape index (κ1) is 26.3. The lowest BCUT2D eigenvalue weighted by Crippen LogP contribution is -2.24. The Kier molecular flexibility index (Phi) is 6.96. The number of benzene rings is 5. The van der Waals surface area contributed by atoms with Gasteiger partial charge in [0.15, 0.2) is 0 Å². The molecular formula is C36H33O3P. The van der Waals surface area contributed by atoms with Gasteiger partial charge < -0.3 is 9.42 Å². The van der Waals surface area contributed by atoms with Crippen molar-refractivity contribution in [2.75, 3.05) is 0 Å². The minimum atomic E-state index is -4.16. The predicted octanol–water partition coefficient (Wildman–Crippen LogP) is 9.01. The van der Waals surface area contributed by atoms with Crippen LogP contribution in [0.3, 0.4) is 0 Å². The highest BCUT2D eigenvalue weighted by Crippen LogP contribution is 2.55. The molecule has 0 fully saturated rings. The third-order valence-corrected chi connectivity index (χ3v) is 9.84. The van der Waals surface area contributed by atoms with Crippen molar-refractivity contribution >= 4 is 12.9 Å². The second-order valence-corrected chi connectivity index (χ2v) is 12.4. The number of hydrogen-bond donors (Lipinski definition) is 1. The van der Waals surface area contributed by atoms with Crippen molar-refractivity contribution in [2.45, 2.75) is 38.5 Å². The van der Waals surface area contributed by atoms with Gasteiger partial charge in [-0.3, -0.25) is 0 Å². The average molecular weight is 545 g/mol. The Morgan fingerprint density at radius 1 is 0.550 bits per heavy atom. The lowest BCUT2D eigenvalue weighted by molar-refractivity contribution is 0.391. The molecule has 0 radical (unpaired) electrons. The molecule has 0 amide bonds. The molecular weight excluding hydrogens is 511 g/mol. The molecule has 5 aromatic rings. The standard InChI is InChI=1S/C36H33O3P/c1-24(27-13-7-4-8-14-27)30-19-20-32-34-22-31(25(2)28-15-9-5-10-16-28)21-33(26(3)29-17-11-6-12-18-29)36(34)40(37,38)39-35(32)23-30/h4-26H,1-3H3,(H,37,38). The van der Waals surface area contributed by atoms with E-state index < -0.39 is 7.60 Å². The molecule has 200 valence electrons. The first-order valence-electron chi connectivity index (χ1n) is 13.8. The summed E-state index contributed by atoms with van der Waals surface area (Å²) < 4.78 is 20.0. The van der Waals surface area contributed by atoms with Crippen LogP contribution >= 0.6 is 7.60 Å². The van der Waals surface area contributed by atoms with Crippen molar-refractivity contribution in [3.63, 3.8) is 0 Å². The summed E-state index contributed by atoms with van der Waals surface area (Å²) in [6, 6.07) is 41.1. The maximum Gasteiger partial charge on any atom is 0.409 e. The summed E-state index contributed by atoms with van der Waals surface area (Å²) >= 11 is 0. The highest BCUT2D eigenvalue weighted by molar-refractivity contribution is 7.62. The average Bonchev–Trinajstić information content (AvgIpc) is 3.00. The lowest BCUT2D eigenvalue weighted by atomic mass is 9.84. The number of rotatable bonds is 6. The van der Waals surface area contributed by atoms with Crippen LogP contribution in [0.1, 0.15) is 71.9 Å². The molecule has 0 bridgehead atoms. The fraction of sp³-hybridized carbons (Fsp3) is 0.167. The molecule has 4 atom stereocenters. The van der Waals surface area contributed by atoms with E-state index in [2.05, 4.69) is 93.6 Å². The van der Waals surface area contributed by atoms with Crippen LogP contribution in [0.4, 0.5) is 0 Å². The molecule has 5 aromatic carbocycles. The first-order chi connectivity index (χ1) is 19.3. The minimum Gasteiger partial charge on any atom is -0.421 e. The molecule has 0 saturated carbocycles. The largest absolute Gasteiger partial charge is 0.421 e. The molecule has 0 spiro atoms. The van der Waals surface area contributed by atoms with Crippen molar-refractivity contribution in [1.82, 2.24) is 0 Å². The Bertz CT molecular complexity index is 1700. The van der Waals surface area contributed by atoms with E-state index in [1.807, 2.05) is 48.5 Å². The molecule has 1 N–H and O–H groups in total. The first-order valence-corrected chi connectivity index (χ1v) is 15.4. The van der Waals surface area contributed by atoms with Crippen molar-refractivity contribution in [3.8, 4) is 16.9 Å². The van der Waals surface area contributed by atoms with E-state index in [1.54, 1.807) is 0 Å². The molecule has 0 aromatic heterocycles. The van der Waals surface area contributed by atoms with Crippen molar-refractivity contribution in [2.24, 2.45) is 0 Å². The van der Waals surface area contributed by atoms with E-state index in [-0.39, 0.29) is 17.8 Å². The fourth-order valence-electron chi connectivity index (χ4n) is 5.86. The molecule has 0 saturated heterocycles. The lowest BCUT2D eigenvalue weighted by Gasteiger charge is -2.31. The van der Waals surface area contributed by atoms with E-state index >= 15 is 0 Å². The van der Waals surface area contributed by atoms with Gasteiger partial charge in [-0.2, -0.15) is 0 Å². The molecule has 3 nitrogen and oxygen atoms in total. The van der Waals surface area contributed by atoms with Crippen LogP contribution in [0.25, 0.3) is 11.1 Å². The van der Waals surface area contributed by atoms with E-state index in [0.717, 1.165) is 33.4 Å². The third-order valence-electron chi connectivity index (χ3n) is 8.33. The zero-order valence-corrected chi connectivity index (χ0v) is 23.9. The van der Waals surface area contributed by atoms with Gasteiger partial charge in [-0.1, -0.05) is 130 Å². The molecule has 1 aliphatic rings. The fourth-order valence-corrected chi connectivity index (χ4v) is 7.44. The zero-order valence-electron chi connectivity index (χ0n) is 23.0. The van der Waals surface area contributed by atoms with Gasteiger partial charge in [0.25, 0.3) is 0 Å². The maximum atomic E-state index is 14.0. The Balaban J connectivity index is 1.54. The summed E-state index contributed by atoms with van der Waals surface area (Å²) in [6.07, 6.45) is 0. The van der Waals surface area contributed by atoms with E-state index in [4.69, 9.17) is 4.52 Å². The molecule has 4 unspecified atom stereocenters. The van der Waals surface area contributed by atoms with Gasteiger partial charge in [-0.05, 0) is 45.5 Å². The van der Waals surface area contributed by atoms with Crippen LogP contribution in [0, 0.1) is 0 Å².